The van der Waals surface area contributed by atoms with Crippen LogP contribution < -0.4 is 4.74 Å². The lowest BCUT2D eigenvalue weighted by Crippen LogP contribution is -2.30. The molecule has 0 saturated carbocycles. The van der Waals surface area contributed by atoms with Crippen molar-refractivity contribution in [1.82, 2.24) is 4.90 Å². The Morgan fingerprint density at radius 1 is 1.17 bits per heavy atom. The molecule has 0 unspecified atom stereocenters. The molecule has 0 aliphatic heterocycles. The van der Waals surface area contributed by atoms with Crippen LogP contribution in [0.3, 0.4) is 0 Å². The van der Waals surface area contributed by atoms with Gasteiger partial charge in [-0.05, 0) is 39.3 Å². The van der Waals surface area contributed by atoms with Crippen molar-refractivity contribution >= 4 is 5.91 Å². The molecule has 0 spiro atoms. The third-order valence-corrected chi connectivity index (χ3v) is 2.94. The van der Waals surface area contributed by atoms with Crippen LogP contribution in [0.4, 0.5) is 0 Å². The molecular formula is C15H23NO2. The van der Waals surface area contributed by atoms with Crippen molar-refractivity contribution in [2.45, 2.75) is 33.6 Å². The maximum Gasteiger partial charge on any atom is 0.222 e. The van der Waals surface area contributed by atoms with Gasteiger partial charge in [0.2, 0.25) is 5.91 Å². The fourth-order valence-corrected chi connectivity index (χ4v) is 1.78. The Morgan fingerprint density at radius 3 is 2.33 bits per heavy atom. The van der Waals surface area contributed by atoms with Gasteiger partial charge in [-0.2, -0.15) is 0 Å². The summed E-state index contributed by atoms with van der Waals surface area (Å²) < 4.78 is 5.59. The second kappa shape index (κ2) is 7.75. The van der Waals surface area contributed by atoms with Gasteiger partial charge in [0.05, 0.1) is 6.61 Å². The van der Waals surface area contributed by atoms with Crippen molar-refractivity contribution in [3.05, 3.63) is 29.8 Å². The molecule has 0 bridgehead atoms. The molecular weight excluding hydrogens is 226 g/mol. The smallest absolute Gasteiger partial charge is 0.222 e. The monoisotopic (exact) mass is 249 g/mol. The first-order chi connectivity index (χ1) is 8.67. The number of ether oxygens (including phenoxy) is 1. The summed E-state index contributed by atoms with van der Waals surface area (Å²) in [4.78, 5) is 13.6. The molecule has 0 aromatic heterocycles. The molecule has 1 aromatic rings. The van der Waals surface area contributed by atoms with Gasteiger partial charge in [0.25, 0.3) is 0 Å². The molecule has 0 aliphatic carbocycles. The van der Waals surface area contributed by atoms with Crippen LogP contribution >= 0.6 is 0 Å². The Hall–Kier alpha value is -1.51. The van der Waals surface area contributed by atoms with Crippen LogP contribution in [-0.4, -0.2) is 30.5 Å². The molecule has 0 N–H and O–H groups in total. The lowest BCUT2D eigenvalue weighted by atomic mass is 10.2. The second-order valence-electron chi connectivity index (χ2n) is 4.33. The Kier molecular flexibility index (Phi) is 6.26. The van der Waals surface area contributed by atoms with Crippen LogP contribution in [0.25, 0.3) is 0 Å². The minimum atomic E-state index is 0.215. The minimum Gasteiger partial charge on any atom is -0.494 e. The highest BCUT2D eigenvalue weighted by Crippen LogP contribution is 2.11. The molecule has 18 heavy (non-hydrogen) atoms. The average molecular weight is 249 g/mol. The minimum absolute atomic E-state index is 0.215. The van der Waals surface area contributed by atoms with Gasteiger partial charge in [0, 0.05) is 19.5 Å². The Labute approximate surface area is 110 Å². The predicted molar refractivity (Wildman–Crippen MR) is 73.8 cm³/mol. The molecule has 1 aromatic carbocycles. The van der Waals surface area contributed by atoms with E-state index >= 15 is 0 Å². The topological polar surface area (TPSA) is 29.5 Å². The Bertz CT molecular complexity index is 355. The Morgan fingerprint density at radius 2 is 1.78 bits per heavy atom. The number of carbonyl (C=O) groups is 1. The van der Waals surface area contributed by atoms with Crippen LogP contribution in [0.15, 0.2) is 24.3 Å². The van der Waals surface area contributed by atoms with Crippen LogP contribution in [0, 0.1) is 6.92 Å². The maximum atomic E-state index is 11.7. The van der Waals surface area contributed by atoms with Crippen molar-refractivity contribution in [2.24, 2.45) is 0 Å². The van der Waals surface area contributed by atoms with E-state index in [2.05, 4.69) is 0 Å². The summed E-state index contributed by atoms with van der Waals surface area (Å²) in [5, 5.41) is 0. The van der Waals surface area contributed by atoms with Gasteiger partial charge in [-0.3, -0.25) is 4.79 Å². The molecule has 0 atom stereocenters. The number of carbonyl (C=O) groups excluding carboxylic acids is 1. The van der Waals surface area contributed by atoms with Crippen molar-refractivity contribution < 1.29 is 9.53 Å². The summed E-state index contributed by atoms with van der Waals surface area (Å²) in [7, 11) is 0. The molecule has 1 amide bonds. The van der Waals surface area contributed by atoms with Gasteiger partial charge in [-0.1, -0.05) is 17.7 Å². The number of hydrogen-bond donors (Lipinski definition) is 0. The van der Waals surface area contributed by atoms with Gasteiger partial charge in [-0.15, -0.1) is 0 Å². The molecule has 0 aliphatic rings. The Balaban J connectivity index is 2.22. The van der Waals surface area contributed by atoms with E-state index < -0.39 is 0 Å². The molecule has 100 valence electrons. The van der Waals surface area contributed by atoms with Crippen LogP contribution in [0.2, 0.25) is 0 Å². The van der Waals surface area contributed by atoms with Crippen molar-refractivity contribution in [2.75, 3.05) is 19.7 Å². The van der Waals surface area contributed by atoms with Gasteiger partial charge in [-0.25, -0.2) is 0 Å². The molecule has 3 heteroatoms. The van der Waals surface area contributed by atoms with Gasteiger partial charge < -0.3 is 9.64 Å². The number of rotatable bonds is 7. The van der Waals surface area contributed by atoms with Crippen LogP contribution in [0.1, 0.15) is 32.3 Å². The lowest BCUT2D eigenvalue weighted by molar-refractivity contribution is -0.131. The third kappa shape index (κ3) is 4.78. The van der Waals surface area contributed by atoms with Crippen LogP contribution in [0.5, 0.6) is 5.75 Å². The number of aryl methyl sites for hydroxylation is 1. The summed E-state index contributed by atoms with van der Waals surface area (Å²) in [5.74, 6) is 1.09. The first-order valence-corrected chi connectivity index (χ1v) is 6.64. The average Bonchev–Trinajstić information content (AvgIpc) is 2.38. The number of benzene rings is 1. The summed E-state index contributed by atoms with van der Waals surface area (Å²) in [6, 6.07) is 7.97. The summed E-state index contributed by atoms with van der Waals surface area (Å²) in [6.07, 6.45) is 1.33. The first-order valence-electron chi connectivity index (χ1n) is 6.64. The van der Waals surface area contributed by atoms with E-state index in [0.29, 0.717) is 13.0 Å². The number of hydrogen-bond acceptors (Lipinski definition) is 2. The normalized spacial score (nSPS) is 10.2. The summed E-state index contributed by atoms with van der Waals surface area (Å²) >= 11 is 0. The largest absolute Gasteiger partial charge is 0.494 e. The van der Waals surface area contributed by atoms with Crippen molar-refractivity contribution in [1.29, 1.82) is 0 Å². The molecule has 1 rings (SSSR count). The lowest BCUT2D eigenvalue weighted by Gasteiger charge is -2.18. The van der Waals surface area contributed by atoms with E-state index in [0.717, 1.165) is 25.3 Å². The second-order valence-corrected chi connectivity index (χ2v) is 4.33. The zero-order valence-corrected chi connectivity index (χ0v) is 11.6. The van der Waals surface area contributed by atoms with Gasteiger partial charge in [0.15, 0.2) is 0 Å². The first kappa shape index (κ1) is 14.6. The molecule has 0 fully saturated rings. The standard InChI is InChI=1S/C15H23NO2/c1-4-16(5-2)15(17)7-6-12-18-14-10-8-13(3)9-11-14/h8-11H,4-7,12H2,1-3H3. The zero-order chi connectivity index (χ0) is 13.4. The molecule has 0 saturated heterocycles. The van der Waals surface area contributed by atoms with Crippen molar-refractivity contribution in [3.8, 4) is 5.75 Å². The number of nitrogens with zero attached hydrogens (tertiary/aromatic N) is 1. The third-order valence-electron chi connectivity index (χ3n) is 2.94. The van der Waals surface area contributed by atoms with E-state index in [9.17, 15) is 4.79 Å². The van der Waals surface area contributed by atoms with E-state index in [4.69, 9.17) is 4.74 Å². The van der Waals surface area contributed by atoms with Gasteiger partial charge in [0.1, 0.15) is 5.75 Å². The highest BCUT2D eigenvalue weighted by atomic mass is 16.5. The van der Waals surface area contributed by atoms with E-state index in [1.54, 1.807) is 0 Å². The van der Waals surface area contributed by atoms with Crippen molar-refractivity contribution in [3.63, 3.8) is 0 Å². The fourth-order valence-electron chi connectivity index (χ4n) is 1.78. The highest BCUT2D eigenvalue weighted by Gasteiger charge is 2.08. The van der Waals surface area contributed by atoms with E-state index in [-0.39, 0.29) is 5.91 Å². The predicted octanol–water partition coefficient (Wildman–Crippen LogP) is 3.02. The molecule has 0 heterocycles. The fraction of sp³-hybridized carbons (Fsp3) is 0.533. The maximum absolute atomic E-state index is 11.7. The van der Waals surface area contributed by atoms with E-state index in [1.165, 1.54) is 5.56 Å². The van der Waals surface area contributed by atoms with Gasteiger partial charge >= 0.3 is 0 Å². The SMILES string of the molecule is CCN(CC)C(=O)CCCOc1ccc(C)cc1. The zero-order valence-electron chi connectivity index (χ0n) is 11.6. The quantitative estimate of drug-likeness (QED) is 0.695. The molecule has 0 radical (unpaired) electrons. The van der Waals surface area contributed by atoms with Crippen LogP contribution in [-0.2, 0) is 4.79 Å². The number of amides is 1. The molecule has 3 nitrogen and oxygen atoms in total. The summed E-state index contributed by atoms with van der Waals surface area (Å²) in [6.45, 7) is 8.22. The summed E-state index contributed by atoms with van der Waals surface area (Å²) in [5.41, 5.74) is 1.22. The highest BCUT2D eigenvalue weighted by molar-refractivity contribution is 5.76. The van der Waals surface area contributed by atoms with E-state index in [1.807, 2.05) is 49.9 Å².